The van der Waals surface area contributed by atoms with E-state index < -0.39 is 0 Å². The van der Waals surface area contributed by atoms with Gasteiger partial charge in [0.1, 0.15) is 0 Å². The summed E-state index contributed by atoms with van der Waals surface area (Å²) >= 11 is 0. The fourth-order valence-corrected chi connectivity index (χ4v) is 0.841. The van der Waals surface area contributed by atoms with Gasteiger partial charge in [-0.2, -0.15) is 0 Å². The van der Waals surface area contributed by atoms with E-state index in [1.807, 2.05) is 6.07 Å². The minimum atomic E-state index is -0.263. The van der Waals surface area contributed by atoms with Gasteiger partial charge in [0, 0.05) is 5.57 Å². The average molecular weight is 152 g/mol. The Bertz CT molecular complexity index is 241. The maximum absolute atomic E-state index is 12.0. The van der Waals surface area contributed by atoms with Crippen LogP contribution in [0, 0.1) is 0 Å². The van der Waals surface area contributed by atoms with Gasteiger partial charge in [0.2, 0.25) is 0 Å². The molecule has 0 spiro atoms. The van der Waals surface area contributed by atoms with Gasteiger partial charge in [0.05, 0.1) is 12.9 Å². The number of halogens is 1. The fraction of sp³-hybridized carbons (Fsp3) is 0.111. The van der Waals surface area contributed by atoms with Crippen molar-refractivity contribution in [1.82, 2.24) is 0 Å². The average Bonchev–Trinajstić information content (AvgIpc) is 2.09. The molecule has 0 fully saturated rings. The van der Waals surface area contributed by atoms with Crippen molar-refractivity contribution in [2.24, 2.45) is 0 Å². The van der Waals surface area contributed by atoms with E-state index in [1.54, 1.807) is 24.3 Å². The van der Waals surface area contributed by atoms with Crippen molar-refractivity contribution >= 4 is 5.57 Å². The predicted molar refractivity (Wildman–Crippen MR) is 42.6 cm³/mol. The summed E-state index contributed by atoms with van der Waals surface area (Å²) in [5.41, 5.74) is 1.03. The standard InChI is InChI=1S/C9H9FO/c10-6-9(7-11)8-4-2-1-3-5-8/h1-6,11H,7H2. The molecule has 0 aromatic heterocycles. The van der Waals surface area contributed by atoms with Crippen LogP contribution in [0.15, 0.2) is 36.7 Å². The largest absolute Gasteiger partial charge is 0.392 e. The Balaban J connectivity index is 2.92. The number of hydrogen-bond donors (Lipinski definition) is 1. The topological polar surface area (TPSA) is 20.2 Å². The summed E-state index contributed by atoms with van der Waals surface area (Å²) in [5.74, 6) is 0. The lowest BCUT2D eigenvalue weighted by molar-refractivity contribution is 0.348. The summed E-state index contributed by atoms with van der Waals surface area (Å²) in [6.45, 7) is -0.263. The Morgan fingerprint density at radius 1 is 1.36 bits per heavy atom. The van der Waals surface area contributed by atoms with Crippen molar-refractivity contribution in [3.8, 4) is 0 Å². The number of aliphatic hydroxyl groups is 1. The molecule has 1 aromatic carbocycles. The summed E-state index contributed by atoms with van der Waals surface area (Å²) < 4.78 is 12.0. The predicted octanol–water partition coefficient (Wildman–Crippen LogP) is 1.99. The fourth-order valence-electron chi connectivity index (χ4n) is 0.841. The van der Waals surface area contributed by atoms with Crippen LogP contribution in [-0.4, -0.2) is 11.7 Å². The summed E-state index contributed by atoms with van der Waals surface area (Å²) in [6.07, 6.45) is 0.426. The number of hydrogen-bond acceptors (Lipinski definition) is 1. The van der Waals surface area contributed by atoms with Gasteiger partial charge in [0.25, 0.3) is 0 Å². The highest BCUT2D eigenvalue weighted by atomic mass is 19.1. The molecule has 0 amide bonds. The van der Waals surface area contributed by atoms with E-state index in [9.17, 15) is 4.39 Å². The van der Waals surface area contributed by atoms with Crippen molar-refractivity contribution in [3.63, 3.8) is 0 Å². The van der Waals surface area contributed by atoms with Crippen molar-refractivity contribution in [1.29, 1.82) is 0 Å². The van der Waals surface area contributed by atoms with E-state index in [1.165, 1.54) is 0 Å². The van der Waals surface area contributed by atoms with Crippen LogP contribution in [0.25, 0.3) is 5.57 Å². The Morgan fingerprint density at radius 2 is 2.00 bits per heavy atom. The lowest BCUT2D eigenvalue weighted by Gasteiger charge is -1.99. The van der Waals surface area contributed by atoms with Gasteiger partial charge in [0.15, 0.2) is 0 Å². The van der Waals surface area contributed by atoms with Crippen LogP contribution < -0.4 is 0 Å². The number of benzene rings is 1. The van der Waals surface area contributed by atoms with Crippen molar-refractivity contribution < 1.29 is 9.50 Å². The highest BCUT2D eigenvalue weighted by molar-refractivity contribution is 5.64. The molecule has 1 nitrogen and oxygen atoms in total. The minimum absolute atomic E-state index is 0.263. The second-order valence-electron chi connectivity index (χ2n) is 2.16. The third kappa shape index (κ3) is 1.88. The SMILES string of the molecule is OCC(=CF)c1ccccc1. The van der Waals surface area contributed by atoms with Crippen molar-refractivity contribution in [2.45, 2.75) is 0 Å². The zero-order valence-electron chi connectivity index (χ0n) is 6.00. The second kappa shape index (κ2) is 3.88. The first kappa shape index (κ1) is 7.95. The zero-order valence-corrected chi connectivity index (χ0v) is 6.00. The van der Waals surface area contributed by atoms with Gasteiger partial charge in [-0.1, -0.05) is 30.3 Å². The molecule has 58 valence electrons. The van der Waals surface area contributed by atoms with E-state index >= 15 is 0 Å². The van der Waals surface area contributed by atoms with Gasteiger partial charge in [-0.15, -0.1) is 0 Å². The molecule has 0 aliphatic heterocycles. The summed E-state index contributed by atoms with van der Waals surface area (Å²) in [7, 11) is 0. The van der Waals surface area contributed by atoms with Crippen LogP contribution in [0.5, 0.6) is 0 Å². The molecule has 0 unspecified atom stereocenters. The molecule has 1 N–H and O–H groups in total. The van der Waals surface area contributed by atoms with Crippen LogP contribution in [0.3, 0.4) is 0 Å². The highest BCUT2D eigenvalue weighted by Crippen LogP contribution is 2.12. The third-order valence-electron chi connectivity index (χ3n) is 1.45. The zero-order chi connectivity index (χ0) is 8.10. The Kier molecular flexibility index (Phi) is 2.81. The molecule has 1 aromatic rings. The molecule has 0 bridgehead atoms. The van der Waals surface area contributed by atoms with Crippen LogP contribution in [0.1, 0.15) is 5.56 Å². The van der Waals surface area contributed by atoms with Crippen molar-refractivity contribution in [3.05, 3.63) is 42.2 Å². The molecule has 0 aliphatic carbocycles. The lowest BCUT2D eigenvalue weighted by atomic mass is 10.1. The quantitative estimate of drug-likeness (QED) is 0.687. The van der Waals surface area contributed by atoms with E-state index in [4.69, 9.17) is 5.11 Å². The third-order valence-corrected chi connectivity index (χ3v) is 1.45. The second-order valence-corrected chi connectivity index (χ2v) is 2.16. The first-order chi connectivity index (χ1) is 5.38. The lowest BCUT2D eigenvalue weighted by Crippen LogP contribution is -1.88. The monoisotopic (exact) mass is 152 g/mol. The molecule has 0 aliphatic rings. The Morgan fingerprint density at radius 3 is 2.45 bits per heavy atom. The van der Waals surface area contributed by atoms with Gasteiger partial charge in [-0.3, -0.25) is 0 Å². The molecule has 1 rings (SSSR count). The van der Waals surface area contributed by atoms with Gasteiger partial charge in [-0.25, -0.2) is 4.39 Å². The first-order valence-corrected chi connectivity index (χ1v) is 3.34. The minimum Gasteiger partial charge on any atom is -0.392 e. The Labute approximate surface area is 64.8 Å². The smallest absolute Gasteiger partial charge is 0.0928 e. The molecule has 0 atom stereocenters. The molecule has 0 saturated carbocycles. The summed E-state index contributed by atoms with van der Waals surface area (Å²) in [5, 5.41) is 8.67. The van der Waals surface area contributed by atoms with Gasteiger partial charge >= 0.3 is 0 Å². The summed E-state index contributed by atoms with van der Waals surface area (Å²) in [4.78, 5) is 0. The van der Waals surface area contributed by atoms with E-state index in [0.29, 0.717) is 11.9 Å². The maximum atomic E-state index is 12.0. The molecular formula is C9H9FO. The van der Waals surface area contributed by atoms with Crippen molar-refractivity contribution in [2.75, 3.05) is 6.61 Å². The molecule has 0 radical (unpaired) electrons. The molecule has 0 saturated heterocycles. The normalized spacial score (nSPS) is 11.6. The number of rotatable bonds is 2. The van der Waals surface area contributed by atoms with Gasteiger partial charge in [-0.05, 0) is 5.56 Å². The summed E-state index contributed by atoms with van der Waals surface area (Å²) in [6, 6.07) is 8.95. The van der Waals surface area contributed by atoms with Crippen LogP contribution in [-0.2, 0) is 0 Å². The molecule has 0 heterocycles. The van der Waals surface area contributed by atoms with Crippen LogP contribution in [0.4, 0.5) is 4.39 Å². The molecule has 11 heavy (non-hydrogen) atoms. The van der Waals surface area contributed by atoms with Crippen LogP contribution in [0.2, 0.25) is 0 Å². The van der Waals surface area contributed by atoms with Gasteiger partial charge < -0.3 is 5.11 Å². The molecular weight excluding hydrogens is 143 g/mol. The first-order valence-electron chi connectivity index (χ1n) is 3.34. The molecule has 2 heteroatoms. The maximum Gasteiger partial charge on any atom is 0.0928 e. The number of aliphatic hydroxyl groups excluding tert-OH is 1. The Hall–Kier alpha value is -1.15. The van der Waals surface area contributed by atoms with E-state index in [0.717, 1.165) is 5.56 Å². The highest BCUT2D eigenvalue weighted by Gasteiger charge is 1.96. The van der Waals surface area contributed by atoms with E-state index in [-0.39, 0.29) is 6.61 Å². The van der Waals surface area contributed by atoms with E-state index in [2.05, 4.69) is 0 Å². The van der Waals surface area contributed by atoms with Crippen LogP contribution >= 0.6 is 0 Å².